The molecule has 3 aromatic rings. The second kappa shape index (κ2) is 9.21. The number of fused-ring (bicyclic) bond motifs is 1. The Kier molecular flexibility index (Phi) is 6.55. The lowest BCUT2D eigenvalue weighted by Crippen LogP contribution is -2.27. The maximum Gasteiger partial charge on any atom is 0.243 e. The first-order valence-electron chi connectivity index (χ1n) is 10.7. The summed E-state index contributed by atoms with van der Waals surface area (Å²) in [6.07, 6.45) is 1.81. The van der Waals surface area contributed by atoms with Crippen molar-refractivity contribution in [3.63, 3.8) is 0 Å². The van der Waals surface area contributed by atoms with Crippen LogP contribution < -0.4 is 5.32 Å². The number of carbonyl (C=O) groups is 1. The molecule has 6 nitrogen and oxygen atoms in total. The van der Waals surface area contributed by atoms with Gasteiger partial charge in [-0.1, -0.05) is 30.0 Å². The Hall–Kier alpha value is -2.42. The van der Waals surface area contributed by atoms with Crippen molar-refractivity contribution in [2.24, 2.45) is 0 Å². The van der Waals surface area contributed by atoms with Gasteiger partial charge in [0.05, 0.1) is 20.7 Å². The molecule has 1 fully saturated rings. The highest BCUT2D eigenvalue weighted by Crippen LogP contribution is 2.30. The molecule has 1 aliphatic heterocycles. The molecule has 4 rings (SSSR count). The summed E-state index contributed by atoms with van der Waals surface area (Å²) < 4.78 is 27.4. The first kappa shape index (κ1) is 22.8. The molecular formula is C24H27N3O3S2. The number of rotatable bonds is 6. The minimum atomic E-state index is -3.47. The molecule has 0 saturated carbocycles. The number of hydrogen-bond donors (Lipinski definition) is 1. The number of nitrogens with zero attached hydrogens (tertiary/aromatic N) is 2. The Balaban J connectivity index is 1.54. The summed E-state index contributed by atoms with van der Waals surface area (Å²) in [5, 5.41) is 4.18. The van der Waals surface area contributed by atoms with Gasteiger partial charge in [-0.05, 0) is 75.1 Å². The first-order chi connectivity index (χ1) is 15.3. The summed E-state index contributed by atoms with van der Waals surface area (Å²) >= 11 is 1.39. The van der Waals surface area contributed by atoms with E-state index in [0.717, 1.165) is 45.6 Å². The minimum Gasteiger partial charge on any atom is -0.325 e. The molecule has 0 radical (unpaired) electrons. The number of anilines is 1. The van der Waals surface area contributed by atoms with Gasteiger partial charge in [0.15, 0.2) is 0 Å². The number of aryl methyl sites for hydroxylation is 2. The van der Waals surface area contributed by atoms with Crippen LogP contribution in [0, 0.1) is 13.8 Å². The second-order valence-corrected chi connectivity index (χ2v) is 11.4. The molecule has 1 N–H and O–H groups in total. The molecular weight excluding hydrogens is 442 g/mol. The van der Waals surface area contributed by atoms with E-state index < -0.39 is 10.0 Å². The Labute approximate surface area is 193 Å². The SMILES string of the molecule is Cc1ccccc1NC(=O)[C@H](C)Sc1cc(C)c2cc(S(=O)(=O)N3CCCC3)ccc2n1. The zero-order valence-corrected chi connectivity index (χ0v) is 20.1. The standard InChI is InChI=1S/C24H27N3O3S2/c1-16-8-4-5-9-21(16)26-24(28)18(3)31-23-14-17(2)20-15-19(10-11-22(20)25-23)32(29,30)27-12-6-7-13-27/h4-5,8-11,14-15,18H,6-7,12-13H2,1-3H3,(H,26,28)/t18-/m0/s1. The molecule has 1 atom stereocenters. The third-order valence-corrected chi connectivity index (χ3v) is 8.65. The van der Waals surface area contributed by atoms with E-state index in [1.165, 1.54) is 11.8 Å². The van der Waals surface area contributed by atoms with Crippen molar-refractivity contribution in [3.05, 3.63) is 59.7 Å². The van der Waals surface area contributed by atoms with E-state index in [9.17, 15) is 13.2 Å². The van der Waals surface area contributed by atoms with Gasteiger partial charge in [-0.3, -0.25) is 4.79 Å². The molecule has 1 saturated heterocycles. The molecule has 0 aliphatic carbocycles. The zero-order valence-electron chi connectivity index (χ0n) is 18.5. The normalized spacial score (nSPS) is 15.7. The Morgan fingerprint density at radius 2 is 1.78 bits per heavy atom. The lowest BCUT2D eigenvalue weighted by Gasteiger charge is -2.17. The number of aromatic nitrogens is 1. The van der Waals surface area contributed by atoms with Crippen LogP contribution in [0.4, 0.5) is 5.69 Å². The summed E-state index contributed by atoms with van der Waals surface area (Å²) in [5.41, 5.74) is 3.47. The summed E-state index contributed by atoms with van der Waals surface area (Å²) in [6, 6.07) is 14.7. The van der Waals surface area contributed by atoms with Crippen molar-refractivity contribution in [2.45, 2.75) is 48.8 Å². The van der Waals surface area contributed by atoms with Crippen molar-refractivity contribution in [1.29, 1.82) is 0 Å². The fourth-order valence-corrected chi connectivity index (χ4v) is 6.29. The van der Waals surface area contributed by atoms with Gasteiger partial charge in [0.25, 0.3) is 0 Å². The predicted octanol–water partition coefficient (Wildman–Crippen LogP) is 4.76. The number of amides is 1. The van der Waals surface area contributed by atoms with Crippen LogP contribution in [0.25, 0.3) is 10.9 Å². The topological polar surface area (TPSA) is 79.4 Å². The second-order valence-electron chi connectivity index (χ2n) is 8.13. The molecule has 0 bridgehead atoms. The summed E-state index contributed by atoms with van der Waals surface area (Å²) in [7, 11) is -3.47. The van der Waals surface area contributed by atoms with Crippen molar-refractivity contribution >= 4 is 44.3 Å². The largest absolute Gasteiger partial charge is 0.325 e. The number of para-hydroxylation sites is 1. The van der Waals surface area contributed by atoms with Crippen molar-refractivity contribution in [1.82, 2.24) is 9.29 Å². The van der Waals surface area contributed by atoms with E-state index in [1.807, 2.05) is 51.1 Å². The van der Waals surface area contributed by atoms with Crippen LogP contribution in [0.1, 0.15) is 30.9 Å². The smallest absolute Gasteiger partial charge is 0.243 e. The van der Waals surface area contributed by atoms with E-state index in [2.05, 4.69) is 10.3 Å². The summed E-state index contributed by atoms with van der Waals surface area (Å²) in [5.74, 6) is -0.0871. The van der Waals surface area contributed by atoms with E-state index >= 15 is 0 Å². The van der Waals surface area contributed by atoms with Crippen LogP contribution in [0.15, 0.2) is 58.5 Å². The lowest BCUT2D eigenvalue weighted by molar-refractivity contribution is -0.115. The van der Waals surface area contributed by atoms with Gasteiger partial charge < -0.3 is 5.32 Å². The third-order valence-electron chi connectivity index (χ3n) is 5.74. The van der Waals surface area contributed by atoms with Crippen molar-refractivity contribution < 1.29 is 13.2 Å². The van der Waals surface area contributed by atoms with Crippen molar-refractivity contribution in [3.8, 4) is 0 Å². The molecule has 168 valence electrons. The highest BCUT2D eigenvalue weighted by atomic mass is 32.2. The molecule has 32 heavy (non-hydrogen) atoms. The number of benzene rings is 2. The maximum atomic E-state index is 12.9. The number of thioether (sulfide) groups is 1. The number of hydrogen-bond acceptors (Lipinski definition) is 5. The monoisotopic (exact) mass is 469 g/mol. The van der Waals surface area contributed by atoms with Crippen LogP contribution in [-0.4, -0.2) is 42.0 Å². The van der Waals surface area contributed by atoms with Gasteiger partial charge in [0.1, 0.15) is 0 Å². The predicted molar refractivity (Wildman–Crippen MR) is 130 cm³/mol. The fraction of sp³-hybridized carbons (Fsp3) is 0.333. The van der Waals surface area contributed by atoms with E-state index in [0.29, 0.717) is 18.0 Å². The van der Waals surface area contributed by atoms with Crippen LogP contribution in [0.2, 0.25) is 0 Å². The summed E-state index contributed by atoms with van der Waals surface area (Å²) in [4.78, 5) is 17.7. The molecule has 0 spiro atoms. The van der Waals surface area contributed by atoms with Crippen molar-refractivity contribution in [2.75, 3.05) is 18.4 Å². The lowest BCUT2D eigenvalue weighted by atomic mass is 10.1. The Morgan fingerprint density at radius 1 is 1.06 bits per heavy atom. The minimum absolute atomic E-state index is 0.0871. The van der Waals surface area contributed by atoms with E-state index in [1.54, 1.807) is 22.5 Å². The molecule has 1 aromatic heterocycles. The average Bonchev–Trinajstić information content (AvgIpc) is 3.31. The van der Waals surface area contributed by atoms with Gasteiger partial charge in [-0.2, -0.15) is 4.31 Å². The number of pyridine rings is 1. The molecule has 8 heteroatoms. The first-order valence-corrected chi connectivity index (χ1v) is 13.0. The van der Waals surface area contributed by atoms with Gasteiger partial charge in [-0.15, -0.1) is 0 Å². The molecule has 1 aliphatic rings. The fourth-order valence-electron chi connectivity index (χ4n) is 3.82. The van der Waals surface area contributed by atoms with Gasteiger partial charge in [0, 0.05) is 24.2 Å². The van der Waals surface area contributed by atoms with Crippen LogP contribution in [-0.2, 0) is 14.8 Å². The number of carbonyl (C=O) groups excluding carboxylic acids is 1. The number of sulfonamides is 1. The summed E-state index contributed by atoms with van der Waals surface area (Å²) in [6.45, 7) is 6.91. The van der Waals surface area contributed by atoms with Gasteiger partial charge >= 0.3 is 0 Å². The maximum absolute atomic E-state index is 12.9. The van der Waals surface area contributed by atoms with Crippen LogP contribution in [0.5, 0.6) is 0 Å². The van der Waals surface area contributed by atoms with E-state index in [-0.39, 0.29) is 11.2 Å². The van der Waals surface area contributed by atoms with Crippen LogP contribution in [0.3, 0.4) is 0 Å². The Morgan fingerprint density at radius 3 is 2.50 bits per heavy atom. The average molecular weight is 470 g/mol. The third kappa shape index (κ3) is 4.67. The van der Waals surface area contributed by atoms with Gasteiger partial charge in [-0.25, -0.2) is 13.4 Å². The van der Waals surface area contributed by atoms with Gasteiger partial charge in [0.2, 0.25) is 15.9 Å². The van der Waals surface area contributed by atoms with Crippen LogP contribution >= 0.6 is 11.8 Å². The zero-order chi connectivity index (χ0) is 22.9. The molecule has 1 amide bonds. The molecule has 2 heterocycles. The van der Waals surface area contributed by atoms with E-state index in [4.69, 9.17) is 0 Å². The Bertz CT molecular complexity index is 1270. The highest BCUT2D eigenvalue weighted by Gasteiger charge is 2.27. The molecule has 2 aromatic carbocycles. The number of nitrogens with one attached hydrogen (secondary N) is 1. The molecule has 0 unspecified atom stereocenters. The highest BCUT2D eigenvalue weighted by molar-refractivity contribution is 8.00. The quantitative estimate of drug-likeness (QED) is 0.527.